The lowest BCUT2D eigenvalue weighted by Gasteiger charge is -2.29. The lowest BCUT2D eigenvalue weighted by Crippen LogP contribution is -2.32. The van der Waals surface area contributed by atoms with Crippen LogP contribution < -0.4 is 0 Å². The van der Waals surface area contributed by atoms with Crippen molar-refractivity contribution in [1.82, 2.24) is 0 Å². The van der Waals surface area contributed by atoms with E-state index in [1.54, 1.807) is 0 Å². The molecule has 0 amide bonds. The molecule has 0 aliphatic carbocycles. The summed E-state index contributed by atoms with van der Waals surface area (Å²) in [6.07, 6.45) is 11.2. The van der Waals surface area contributed by atoms with Gasteiger partial charge in [-0.1, -0.05) is 89.9 Å². The molecular weight excluding hydrogens is 319 g/mol. The summed E-state index contributed by atoms with van der Waals surface area (Å²) < 4.78 is 0. The molecule has 4 heteroatoms. The summed E-state index contributed by atoms with van der Waals surface area (Å²) in [6, 6.07) is 5.47. The van der Waals surface area contributed by atoms with Crippen molar-refractivity contribution in [2.45, 2.75) is 102 Å². The first kappa shape index (κ1) is 21.0. The molecule has 0 heterocycles. The van der Waals surface area contributed by atoms with Crippen molar-refractivity contribution in [2.24, 2.45) is 0 Å². The van der Waals surface area contributed by atoms with Crippen LogP contribution in [0.2, 0.25) is 37.3 Å². The van der Waals surface area contributed by atoms with Crippen molar-refractivity contribution >= 4 is 36.9 Å². The van der Waals surface area contributed by atoms with Gasteiger partial charge in [0.2, 0.25) is 6.69 Å². The number of rotatable bonds is 13. The van der Waals surface area contributed by atoms with Crippen LogP contribution in [-0.2, 0) is 0 Å². The summed E-state index contributed by atoms with van der Waals surface area (Å²) >= 11 is 12.7. The van der Waals surface area contributed by atoms with Crippen LogP contribution >= 0.6 is 22.2 Å². The summed E-state index contributed by atoms with van der Waals surface area (Å²) in [5.41, 5.74) is 0. The molecule has 0 aliphatic rings. The van der Waals surface area contributed by atoms with E-state index in [1.165, 1.54) is 69.5 Å². The summed E-state index contributed by atoms with van der Waals surface area (Å²) in [6.45, 7) is 7.38. The van der Waals surface area contributed by atoms with Gasteiger partial charge >= 0.3 is 0 Å². The van der Waals surface area contributed by atoms with Gasteiger partial charge in [0.1, 0.15) is 0 Å². The Labute approximate surface area is 139 Å². The second-order valence-corrected chi connectivity index (χ2v) is 20.3. The van der Waals surface area contributed by atoms with E-state index in [0.29, 0.717) is 0 Å². The van der Waals surface area contributed by atoms with Crippen LogP contribution in [0.15, 0.2) is 0 Å². The van der Waals surface area contributed by atoms with Gasteiger partial charge in [-0.15, -0.1) is 22.2 Å². The van der Waals surface area contributed by atoms with E-state index in [4.69, 9.17) is 22.2 Å². The van der Waals surface area contributed by atoms with Gasteiger partial charge in [-0.25, -0.2) is 0 Å². The van der Waals surface area contributed by atoms with Gasteiger partial charge < -0.3 is 0 Å². The predicted octanol–water partition coefficient (Wildman–Crippen LogP) is 7.78. The highest BCUT2D eigenvalue weighted by molar-refractivity contribution is 7.45. The molecular formula is C16H36Cl2Si2. The summed E-state index contributed by atoms with van der Waals surface area (Å²) in [5, 5.41) is 0. The van der Waals surface area contributed by atoms with Gasteiger partial charge in [-0.3, -0.25) is 0 Å². The highest BCUT2D eigenvalue weighted by Crippen LogP contribution is 2.33. The molecule has 0 saturated heterocycles. The Balaban J connectivity index is 4.19. The maximum absolute atomic E-state index is 6.33. The first-order chi connectivity index (χ1) is 9.33. The summed E-state index contributed by atoms with van der Waals surface area (Å²) in [7, 11) is -1.09. The second-order valence-electron chi connectivity index (χ2n) is 7.00. The second kappa shape index (κ2) is 11.6. The summed E-state index contributed by atoms with van der Waals surface area (Å²) in [5.74, 6) is 0. The first-order valence-electron chi connectivity index (χ1n) is 8.71. The Morgan fingerprint density at radius 2 is 1.05 bits per heavy atom. The zero-order chi connectivity index (χ0) is 15.5. The minimum Gasteiger partial charge on any atom is -0.146 e. The van der Waals surface area contributed by atoms with Crippen LogP contribution in [0.5, 0.6) is 0 Å². The largest absolute Gasteiger partial charge is 0.248 e. The van der Waals surface area contributed by atoms with E-state index in [2.05, 4.69) is 26.9 Å². The Morgan fingerprint density at radius 1 is 0.600 bits per heavy atom. The third kappa shape index (κ3) is 12.7. The van der Waals surface area contributed by atoms with E-state index >= 15 is 0 Å². The lowest BCUT2D eigenvalue weighted by molar-refractivity contribution is 0.679. The lowest BCUT2D eigenvalue weighted by atomic mass is 10.2. The van der Waals surface area contributed by atoms with Crippen molar-refractivity contribution in [3.8, 4) is 0 Å². The van der Waals surface area contributed by atoms with Crippen LogP contribution in [-0.4, -0.2) is 14.8 Å². The van der Waals surface area contributed by atoms with Crippen molar-refractivity contribution in [3.63, 3.8) is 0 Å². The fraction of sp³-hybridized carbons (Fsp3) is 1.00. The molecule has 0 aliphatic heterocycles. The maximum Gasteiger partial charge on any atom is 0.248 e. The van der Waals surface area contributed by atoms with Gasteiger partial charge in [-0.05, 0) is 12.6 Å². The fourth-order valence-electron chi connectivity index (χ4n) is 2.85. The number of unbranched alkanes of at least 4 members (excludes halogenated alkanes) is 6. The Bertz CT molecular complexity index is 215. The first-order valence-corrected chi connectivity index (χ1v) is 16.6. The molecule has 0 aromatic heterocycles. The standard InChI is InChI=1S/C16H36Cl2Si2/c1-5-7-9-11-13-19(3,14-12-10-8-6-2)15-16-20(4,17)18/h5-16H2,1-4H3. The molecule has 0 atom stereocenters. The third-order valence-corrected chi connectivity index (χ3v) is 11.8. The highest BCUT2D eigenvalue weighted by atomic mass is 35.7. The van der Waals surface area contributed by atoms with Crippen LogP contribution in [0.1, 0.15) is 65.2 Å². The normalized spacial score (nSPS) is 12.9. The minimum atomic E-state index is -1.90. The van der Waals surface area contributed by atoms with Crippen molar-refractivity contribution in [3.05, 3.63) is 0 Å². The van der Waals surface area contributed by atoms with Gasteiger partial charge in [0, 0.05) is 0 Å². The zero-order valence-corrected chi connectivity index (χ0v) is 17.8. The number of halogens is 2. The van der Waals surface area contributed by atoms with E-state index in [1.807, 2.05) is 0 Å². The molecule has 0 N–H and O–H groups in total. The quantitative estimate of drug-likeness (QED) is 0.180. The Morgan fingerprint density at radius 3 is 1.40 bits per heavy atom. The third-order valence-electron chi connectivity index (χ3n) is 4.44. The van der Waals surface area contributed by atoms with Gasteiger partial charge in [0.25, 0.3) is 0 Å². The van der Waals surface area contributed by atoms with Crippen molar-refractivity contribution in [1.29, 1.82) is 0 Å². The Hall–Kier alpha value is 1.01. The topological polar surface area (TPSA) is 0 Å². The molecule has 0 saturated carbocycles. The zero-order valence-electron chi connectivity index (χ0n) is 14.2. The van der Waals surface area contributed by atoms with Gasteiger partial charge in [0.05, 0.1) is 8.07 Å². The monoisotopic (exact) mass is 354 g/mol. The van der Waals surface area contributed by atoms with E-state index in [0.717, 1.165) is 6.04 Å². The molecule has 0 radical (unpaired) electrons. The molecule has 0 aromatic rings. The van der Waals surface area contributed by atoms with E-state index < -0.39 is 14.8 Å². The minimum absolute atomic E-state index is 1.09. The molecule has 0 fully saturated rings. The molecule has 0 rings (SSSR count). The molecule has 0 bridgehead atoms. The molecule has 0 unspecified atom stereocenters. The molecule has 20 heavy (non-hydrogen) atoms. The van der Waals surface area contributed by atoms with Crippen molar-refractivity contribution in [2.75, 3.05) is 0 Å². The SMILES string of the molecule is CCCCCC[Si](C)(CCCCCC)CC[Si](C)(Cl)Cl. The molecule has 122 valence electrons. The van der Waals surface area contributed by atoms with Crippen molar-refractivity contribution < 1.29 is 0 Å². The fourth-order valence-corrected chi connectivity index (χ4v) is 11.7. The smallest absolute Gasteiger partial charge is 0.146 e. The summed E-state index contributed by atoms with van der Waals surface area (Å²) in [4.78, 5) is 0. The van der Waals surface area contributed by atoms with Crippen LogP contribution in [0.4, 0.5) is 0 Å². The molecule has 0 aromatic carbocycles. The predicted molar refractivity (Wildman–Crippen MR) is 102 cm³/mol. The number of hydrogen-bond donors (Lipinski definition) is 0. The molecule has 0 spiro atoms. The van der Waals surface area contributed by atoms with E-state index in [-0.39, 0.29) is 0 Å². The Kier molecular flexibility index (Phi) is 12.2. The van der Waals surface area contributed by atoms with Crippen LogP contribution in [0, 0.1) is 0 Å². The highest BCUT2D eigenvalue weighted by Gasteiger charge is 2.30. The number of hydrogen-bond acceptors (Lipinski definition) is 0. The average Bonchev–Trinajstić information content (AvgIpc) is 2.37. The maximum atomic E-state index is 6.33. The van der Waals surface area contributed by atoms with Crippen LogP contribution in [0.3, 0.4) is 0 Å². The van der Waals surface area contributed by atoms with E-state index in [9.17, 15) is 0 Å². The van der Waals surface area contributed by atoms with Gasteiger partial charge in [-0.2, -0.15) is 0 Å². The van der Waals surface area contributed by atoms with Crippen LogP contribution in [0.25, 0.3) is 0 Å². The molecule has 0 nitrogen and oxygen atoms in total. The average molecular weight is 356 g/mol. The van der Waals surface area contributed by atoms with Gasteiger partial charge in [0.15, 0.2) is 0 Å².